The average molecular weight is 388 g/mol. The predicted molar refractivity (Wildman–Crippen MR) is 110 cm³/mol. The van der Waals surface area contributed by atoms with E-state index in [-0.39, 0.29) is 11.5 Å². The monoisotopic (exact) mass is 387 g/mol. The number of nitrogens with zero attached hydrogens (tertiary/aromatic N) is 2. The Morgan fingerprint density at radius 2 is 1.96 bits per heavy atom. The summed E-state index contributed by atoms with van der Waals surface area (Å²) < 4.78 is 17.0. The molecule has 1 aromatic heterocycles. The van der Waals surface area contributed by atoms with Crippen molar-refractivity contribution in [1.29, 1.82) is 0 Å². The Morgan fingerprint density at radius 1 is 1.18 bits per heavy atom. The Balaban J connectivity index is 1.85. The molecule has 0 aliphatic carbocycles. The van der Waals surface area contributed by atoms with Gasteiger partial charge in [-0.3, -0.25) is 10.00 Å². The molecule has 1 fully saturated rings. The van der Waals surface area contributed by atoms with E-state index in [0.29, 0.717) is 0 Å². The molecule has 1 saturated heterocycles. The van der Waals surface area contributed by atoms with Gasteiger partial charge < -0.3 is 14.2 Å². The second-order valence-electron chi connectivity index (χ2n) is 8.48. The number of benzene rings is 1. The van der Waals surface area contributed by atoms with Crippen molar-refractivity contribution < 1.29 is 14.2 Å². The standard InChI is InChI=1S/C22H33N3O3/c1-22(2,3)21-17(12-23-24-21)14-25(15-18-9-7-11-28-18)13-16-8-6-10-19(26-4)20(16)27-5/h6,8,10,12,18H,7,9,11,13-15H2,1-5H3,(H,23,24)/t18-/m1/s1. The maximum atomic E-state index is 5.92. The minimum Gasteiger partial charge on any atom is -0.493 e. The molecule has 6 nitrogen and oxygen atoms in total. The normalized spacial score (nSPS) is 17.3. The van der Waals surface area contributed by atoms with E-state index in [1.54, 1.807) is 14.2 Å². The van der Waals surface area contributed by atoms with Gasteiger partial charge in [-0.2, -0.15) is 5.10 Å². The molecule has 0 unspecified atom stereocenters. The van der Waals surface area contributed by atoms with E-state index in [1.165, 1.54) is 11.3 Å². The number of para-hydroxylation sites is 1. The first-order valence-corrected chi connectivity index (χ1v) is 9.99. The van der Waals surface area contributed by atoms with Crippen LogP contribution in [0.5, 0.6) is 11.5 Å². The zero-order valence-electron chi connectivity index (χ0n) is 17.7. The van der Waals surface area contributed by atoms with Gasteiger partial charge in [-0.05, 0) is 18.9 Å². The third-order valence-corrected chi connectivity index (χ3v) is 5.23. The number of hydrogen-bond donors (Lipinski definition) is 1. The summed E-state index contributed by atoms with van der Waals surface area (Å²) in [5, 5.41) is 7.51. The maximum absolute atomic E-state index is 5.92. The summed E-state index contributed by atoms with van der Waals surface area (Å²) in [4.78, 5) is 2.42. The highest BCUT2D eigenvalue weighted by Gasteiger charge is 2.25. The lowest BCUT2D eigenvalue weighted by Gasteiger charge is -2.27. The third-order valence-electron chi connectivity index (χ3n) is 5.23. The zero-order valence-corrected chi connectivity index (χ0v) is 17.7. The average Bonchev–Trinajstić information content (AvgIpc) is 3.33. The van der Waals surface area contributed by atoms with Gasteiger partial charge in [0.05, 0.1) is 26.5 Å². The van der Waals surface area contributed by atoms with Crippen LogP contribution in [0.4, 0.5) is 0 Å². The summed E-state index contributed by atoms with van der Waals surface area (Å²) in [7, 11) is 3.37. The van der Waals surface area contributed by atoms with Crippen LogP contribution in [-0.4, -0.2) is 48.6 Å². The molecule has 1 aliphatic heterocycles. The molecule has 28 heavy (non-hydrogen) atoms. The number of rotatable bonds is 8. The molecule has 0 radical (unpaired) electrons. The largest absolute Gasteiger partial charge is 0.493 e. The van der Waals surface area contributed by atoms with E-state index in [9.17, 15) is 0 Å². The van der Waals surface area contributed by atoms with E-state index in [0.717, 1.165) is 56.1 Å². The number of hydrogen-bond acceptors (Lipinski definition) is 5. The maximum Gasteiger partial charge on any atom is 0.165 e. The van der Waals surface area contributed by atoms with Gasteiger partial charge in [0.2, 0.25) is 0 Å². The molecule has 6 heteroatoms. The van der Waals surface area contributed by atoms with Crippen molar-refractivity contribution in [3.8, 4) is 11.5 Å². The summed E-state index contributed by atoms with van der Waals surface area (Å²) in [5.74, 6) is 1.56. The van der Waals surface area contributed by atoms with Gasteiger partial charge in [-0.15, -0.1) is 0 Å². The topological polar surface area (TPSA) is 59.6 Å². The number of ether oxygens (including phenoxy) is 3. The van der Waals surface area contributed by atoms with Gasteiger partial charge in [-0.25, -0.2) is 0 Å². The second kappa shape index (κ2) is 8.97. The van der Waals surface area contributed by atoms with Gasteiger partial charge in [-0.1, -0.05) is 32.9 Å². The molecule has 1 aromatic carbocycles. The van der Waals surface area contributed by atoms with Crippen LogP contribution in [0.15, 0.2) is 24.4 Å². The van der Waals surface area contributed by atoms with Crippen molar-refractivity contribution in [2.45, 2.75) is 58.2 Å². The third kappa shape index (κ3) is 4.86. The fourth-order valence-electron chi connectivity index (χ4n) is 3.90. The first-order chi connectivity index (χ1) is 13.4. The van der Waals surface area contributed by atoms with Crippen LogP contribution in [0.25, 0.3) is 0 Å². The Bertz CT molecular complexity index is 761. The molecule has 0 bridgehead atoms. The van der Waals surface area contributed by atoms with Gasteiger partial charge in [0.1, 0.15) is 0 Å². The zero-order chi connectivity index (χ0) is 20.1. The molecular formula is C22H33N3O3. The Hall–Kier alpha value is -2.05. The lowest BCUT2D eigenvalue weighted by molar-refractivity contribution is 0.0674. The highest BCUT2D eigenvalue weighted by Crippen LogP contribution is 2.32. The van der Waals surface area contributed by atoms with Crippen LogP contribution < -0.4 is 9.47 Å². The van der Waals surface area contributed by atoms with Crippen molar-refractivity contribution in [2.75, 3.05) is 27.4 Å². The second-order valence-corrected chi connectivity index (χ2v) is 8.48. The summed E-state index contributed by atoms with van der Waals surface area (Å²) in [6.45, 7) is 9.94. The van der Waals surface area contributed by atoms with Crippen LogP contribution in [0.1, 0.15) is 50.4 Å². The number of nitrogens with one attached hydrogen (secondary N) is 1. The van der Waals surface area contributed by atoms with Crippen molar-refractivity contribution in [2.24, 2.45) is 0 Å². The van der Waals surface area contributed by atoms with Crippen molar-refractivity contribution >= 4 is 0 Å². The number of H-pyrrole nitrogens is 1. The van der Waals surface area contributed by atoms with Gasteiger partial charge in [0.25, 0.3) is 0 Å². The SMILES string of the molecule is COc1cccc(CN(Cc2cn[nH]c2C(C)(C)C)C[C@H]2CCCO2)c1OC. The Morgan fingerprint density at radius 3 is 2.61 bits per heavy atom. The minimum atomic E-state index is 0.0228. The number of aromatic amines is 1. The fourth-order valence-corrected chi connectivity index (χ4v) is 3.90. The van der Waals surface area contributed by atoms with Crippen LogP contribution in [0.2, 0.25) is 0 Å². The lowest BCUT2D eigenvalue weighted by Crippen LogP contribution is -2.32. The lowest BCUT2D eigenvalue weighted by atomic mass is 9.89. The predicted octanol–water partition coefficient (Wildman–Crippen LogP) is 3.91. The molecule has 0 amide bonds. The van der Waals surface area contributed by atoms with Crippen molar-refractivity contribution in [1.82, 2.24) is 15.1 Å². The van der Waals surface area contributed by atoms with Crippen molar-refractivity contribution in [3.63, 3.8) is 0 Å². The quantitative estimate of drug-likeness (QED) is 0.744. The van der Waals surface area contributed by atoms with E-state index < -0.39 is 0 Å². The van der Waals surface area contributed by atoms with Gasteiger partial charge in [0.15, 0.2) is 11.5 Å². The first-order valence-electron chi connectivity index (χ1n) is 9.99. The highest BCUT2D eigenvalue weighted by atomic mass is 16.5. The fraction of sp³-hybridized carbons (Fsp3) is 0.591. The Labute approximate surface area is 168 Å². The molecule has 0 spiro atoms. The molecular weight excluding hydrogens is 354 g/mol. The van der Waals surface area contributed by atoms with Gasteiger partial charge >= 0.3 is 0 Å². The molecule has 2 aromatic rings. The van der Waals surface area contributed by atoms with Crippen LogP contribution >= 0.6 is 0 Å². The molecule has 2 heterocycles. The molecule has 3 rings (SSSR count). The van der Waals surface area contributed by atoms with Crippen LogP contribution in [-0.2, 0) is 23.2 Å². The molecule has 1 N–H and O–H groups in total. The summed E-state index contributed by atoms with van der Waals surface area (Å²) in [6, 6.07) is 6.05. The van der Waals surface area contributed by atoms with Gasteiger partial charge in [0, 0.05) is 48.5 Å². The number of methoxy groups -OCH3 is 2. The van der Waals surface area contributed by atoms with Crippen LogP contribution in [0, 0.1) is 0 Å². The molecule has 0 saturated carbocycles. The number of aromatic nitrogens is 2. The first kappa shape index (κ1) is 20.7. The summed E-state index contributed by atoms with van der Waals surface area (Å²) in [5.41, 5.74) is 3.55. The molecule has 1 atom stereocenters. The van der Waals surface area contributed by atoms with E-state index in [4.69, 9.17) is 14.2 Å². The van der Waals surface area contributed by atoms with E-state index in [1.807, 2.05) is 18.3 Å². The van der Waals surface area contributed by atoms with Crippen LogP contribution in [0.3, 0.4) is 0 Å². The highest BCUT2D eigenvalue weighted by molar-refractivity contribution is 5.46. The summed E-state index contributed by atoms with van der Waals surface area (Å²) in [6.07, 6.45) is 4.48. The Kier molecular flexibility index (Phi) is 6.62. The van der Waals surface area contributed by atoms with E-state index >= 15 is 0 Å². The minimum absolute atomic E-state index is 0.0228. The summed E-state index contributed by atoms with van der Waals surface area (Å²) >= 11 is 0. The molecule has 154 valence electrons. The van der Waals surface area contributed by atoms with E-state index in [2.05, 4.69) is 41.9 Å². The molecule has 1 aliphatic rings. The van der Waals surface area contributed by atoms with Crippen molar-refractivity contribution in [3.05, 3.63) is 41.2 Å². The smallest absolute Gasteiger partial charge is 0.165 e.